The zero-order valence-electron chi connectivity index (χ0n) is 16.6. The van der Waals surface area contributed by atoms with Crippen molar-refractivity contribution in [1.82, 2.24) is 0 Å². The normalized spacial score (nSPS) is 10.9. The molecule has 0 radical (unpaired) electrons. The van der Waals surface area contributed by atoms with E-state index in [-0.39, 0.29) is 10.6 Å². The zero-order chi connectivity index (χ0) is 19.9. The van der Waals surface area contributed by atoms with E-state index in [1.165, 1.54) is 62.0 Å². The molecule has 3 nitrogen and oxygen atoms in total. The maximum atomic E-state index is 11.0. The van der Waals surface area contributed by atoms with Crippen LogP contribution < -0.4 is 0 Å². The zero-order valence-corrected chi connectivity index (χ0v) is 18.2. The molecule has 28 heavy (non-hydrogen) atoms. The van der Waals surface area contributed by atoms with Crippen molar-refractivity contribution in [3.05, 3.63) is 64.7 Å². The van der Waals surface area contributed by atoms with Crippen LogP contribution in [0.3, 0.4) is 0 Å². The molecule has 0 unspecified atom stereocenters. The molecule has 0 bridgehead atoms. The molecule has 5 heteroatoms. The lowest BCUT2D eigenvalue weighted by atomic mass is 10.1. The van der Waals surface area contributed by atoms with Gasteiger partial charge in [-0.3, -0.25) is 10.1 Å². The number of nitro benzene ring substituents is 1. The molecular formula is C23H31NO2S2. The average Bonchev–Trinajstić information content (AvgIpc) is 2.72. The Kier molecular flexibility index (Phi) is 11.8. The third-order valence-corrected chi connectivity index (χ3v) is 6.87. The van der Waals surface area contributed by atoms with Crippen LogP contribution in [0.15, 0.2) is 64.4 Å². The summed E-state index contributed by atoms with van der Waals surface area (Å²) in [4.78, 5) is 12.9. The van der Waals surface area contributed by atoms with Gasteiger partial charge in [0.1, 0.15) is 0 Å². The fraction of sp³-hybridized carbons (Fsp3) is 0.478. The Morgan fingerprint density at radius 1 is 0.643 bits per heavy atom. The number of hydrogen-bond donors (Lipinski definition) is 0. The highest BCUT2D eigenvalue weighted by atomic mass is 32.2. The number of thioether (sulfide) groups is 2. The first kappa shape index (κ1) is 22.8. The second-order valence-electron chi connectivity index (χ2n) is 6.92. The Morgan fingerprint density at radius 3 is 1.75 bits per heavy atom. The first-order valence-corrected chi connectivity index (χ1v) is 12.3. The molecular weight excluding hydrogens is 386 g/mol. The van der Waals surface area contributed by atoms with Gasteiger partial charge >= 0.3 is 0 Å². The van der Waals surface area contributed by atoms with Gasteiger partial charge in [-0.05, 0) is 42.5 Å². The first-order valence-electron chi connectivity index (χ1n) is 10.3. The van der Waals surface area contributed by atoms with E-state index < -0.39 is 0 Å². The highest BCUT2D eigenvalue weighted by Crippen LogP contribution is 2.29. The van der Waals surface area contributed by atoms with Crippen LogP contribution in [0.5, 0.6) is 0 Å². The summed E-state index contributed by atoms with van der Waals surface area (Å²) in [6.07, 6.45) is 11.6. The summed E-state index contributed by atoms with van der Waals surface area (Å²) in [5.41, 5.74) is 0.231. The van der Waals surface area contributed by atoms with Crippen LogP contribution in [0.2, 0.25) is 0 Å². The molecule has 0 spiro atoms. The second kappa shape index (κ2) is 14.5. The van der Waals surface area contributed by atoms with Crippen molar-refractivity contribution >= 4 is 29.2 Å². The van der Waals surface area contributed by atoms with Crippen LogP contribution in [0.25, 0.3) is 0 Å². The molecule has 0 aliphatic carbocycles. The molecule has 0 aromatic heterocycles. The molecule has 0 atom stereocenters. The largest absolute Gasteiger partial charge is 0.282 e. The average molecular weight is 418 g/mol. The van der Waals surface area contributed by atoms with E-state index in [0.717, 1.165) is 17.1 Å². The number of nitro groups is 1. The standard InChI is InChI=1S/C23H31NO2S2/c25-24(26)22-17-11-12-18-23(22)28-20-14-7-5-3-1-2-4-6-13-19-27-21-15-9-8-10-16-21/h8-12,15-18H,1-7,13-14,19-20H2. The highest BCUT2D eigenvalue weighted by molar-refractivity contribution is 7.99. The van der Waals surface area contributed by atoms with Crippen molar-refractivity contribution in [2.75, 3.05) is 11.5 Å². The third kappa shape index (κ3) is 9.65. The number of unbranched alkanes of at least 4 members (excludes halogenated alkanes) is 8. The van der Waals surface area contributed by atoms with E-state index in [4.69, 9.17) is 0 Å². The molecule has 0 N–H and O–H groups in total. The summed E-state index contributed by atoms with van der Waals surface area (Å²) in [5, 5.41) is 11.0. The van der Waals surface area contributed by atoms with Crippen LogP contribution in [0.4, 0.5) is 5.69 Å². The summed E-state index contributed by atoms with van der Waals surface area (Å²) in [6, 6.07) is 17.7. The minimum Gasteiger partial charge on any atom is -0.258 e. The van der Waals surface area contributed by atoms with Gasteiger partial charge in [0.15, 0.2) is 0 Å². The van der Waals surface area contributed by atoms with Gasteiger partial charge in [0.05, 0.1) is 9.82 Å². The lowest BCUT2D eigenvalue weighted by Gasteiger charge is -2.04. The molecule has 0 fully saturated rings. The maximum Gasteiger partial charge on any atom is 0.282 e. The van der Waals surface area contributed by atoms with Gasteiger partial charge in [-0.25, -0.2) is 0 Å². The summed E-state index contributed by atoms with van der Waals surface area (Å²) in [7, 11) is 0. The highest BCUT2D eigenvalue weighted by Gasteiger charge is 2.11. The summed E-state index contributed by atoms with van der Waals surface area (Å²) in [5.74, 6) is 2.19. The van der Waals surface area contributed by atoms with E-state index in [0.29, 0.717) is 0 Å². The van der Waals surface area contributed by atoms with Crippen LogP contribution >= 0.6 is 23.5 Å². The van der Waals surface area contributed by atoms with Crippen molar-refractivity contribution in [3.63, 3.8) is 0 Å². The van der Waals surface area contributed by atoms with Crippen LogP contribution in [-0.2, 0) is 0 Å². The van der Waals surface area contributed by atoms with Crippen molar-refractivity contribution in [2.45, 2.75) is 67.6 Å². The SMILES string of the molecule is O=[N+]([O-])c1ccccc1SCCCCCCCCCCCSc1ccccc1. The Labute approximate surface area is 177 Å². The van der Waals surface area contributed by atoms with Crippen molar-refractivity contribution in [3.8, 4) is 0 Å². The van der Waals surface area contributed by atoms with E-state index in [1.807, 2.05) is 23.9 Å². The molecule has 2 aromatic rings. The molecule has 152 valence electrons. The van der Waals surface area contributed by atoms with Crippen LogP contribution in [0.1, 0.15) is 57.8 Å². The lowest BCUT2D eigenvalue weighted by molar-refractivity contribution is -0.387. The number of hydrogen-bond acceptors (Lipinski definition) is 4. The predicted molar refractivity (Wildman–Crippen MR) is 123 cm³/mol. The summed E-state index contributed by atoms with van der Waals surface area (Å²) >= 11 is 3.57. The van der Waals surface area contributed by atoms with Crippen LogP contribution in [0, 0.1) is 10.1 Å². The van der Waals surface area contributed by atoms with Gasteiger partial charge in [-0.1, -0.05) is 75.3 Å². The smallest absolute Gasteiger partial charge is 0.258 e. The van der Waals surface area contributed by atoms with Crippen molar-refractivity contribution in [1.29, 1.82) is 0 Å². The minimum atomic E-state index is -0.289. The van der Waals surface area contributed by atoms with Gasteiger partial charge in [0.25, 0.3) is 5.69 Å². The van der Waals surface area contributed by atoms with Gasteiger partial charge in [0, 0.05) is 11.0 Å². The topological polar surface area (TPSA) is 43.1 Å². The molecule has 0 aliphatic rings. The summed E-state index contributed by atoms with van der Waals surface area (Å²) < 4.78 is 0. The Hall–Kier alpha value is -1.46. The Bertz CT molecular complexity index is 679. The van der Waals surface area contributed by atoms with Crippen molar-refractivity contribution in [2.24, 2.45) is 0 Å². The molecule has 2 rings (SSSR count). The van der Waals surface area contributed by atoms with E-state index in [2.05, 4.69) is 30.3 Å². The molecule has 0 amide bonds. The molecule has 0 aliphatic heterocycles. The van der Waals surface area contributed by atoms with Crippen molar-refractivity contribution < 1.29 is 4.92 Å². The molecule has 2 aromatic carbocycles. The fourth-order valence-electron chi connectivity index (χ4n) is 3.06. The number of rotatable bonds is 15. The van der Waals surface area contributed by atoms with E-state index >= 15 is 0 Å². The van der Waals surface area contributed by atoms with Gasteiger partial charge in [-0.2, -0.15) is 0 Å². The lowest BCUT2D eigenvalue weighted by Crippen LogP contribution is -1.91. The molecule has 0 saturated heterocycles. The first-order chi connectivity index (χ1) is 13.8. The monoisotopic (exact) mass is 417 g/mol. The number of benzene rings is 2. The van der Waals surface area contributed by atoms with Crippen LogP contribution in [-0.4, -0.2) is 16.4 Å². The Balaban J connectivity index is 1.38. The Morgan fingerprint density at radius 2 is 1.14 bits per heavy atom. The quantitative estimate of drug-likeness (QED) is 0.127. The number of nitrogens with zero attached hydrogens (tertiary/aromatic N) is 1. The van der Waals surface area contributed by atoms with E-state index in [1.54, 1.807) is 23.9 Å². The van der Waals surface area contributed by atoms with Gasteiger partial charge < -0.3 is 0 Å². The predicted octanol–water partition coefficient (Wildman–Crippen LogP) is 7.99. The second-order valence-corrected chi connectivity index (χ2v) is 9.22. The fourth-order valence-corrected chi connectivity index (χ4v) is 5.03. The third-order valence-electron chi connectivity index (χ3n) is 4.62. The van der Waals surface area contributed by atoms with E-state index in [9.17, 15) is 10.1 Å². The molecule has 0 heterocycles. The maximum absolute atomic E-state index is 11.0. The summed E-state index contributed by atoms with van der Waals surface area (Å²) in [6.45, 7) is 0. The van der Waals surface area contributed by atoms with Gasteiger partial charge in [-0.15, -0.1) is 23.5 Å². The van der Waals surface area contributed by atoms with Gasteiger partial charge in [0.2, 0.25) is 0 Å². The number of para-hydroxylation sites is 1. The minimum absolute atomic E-state index is 0.231. The molecule has 0 saturated carbocycles.